The molecule has 7 heteroatoms. The van der Waals surface area contributed by atoms with Crippen molar-refractivity contribution in [3.8, 4) is 0 Å². The predicted molar refractivity (Wildman–Crippen MR) is 130 cm³/mol. The molecule has 2 N–H and O–H groups in total. The van der Waals surface area contributed by atoms with E-state index >= 15 is 0 Å². The molecule has 5 rings (SSSR count). The maximum Gasteiger partial charge on any atom is 0.257 e. The molecule has 0 saturated heterocycles. The third kappa shape index (κ3) is 4.73. The average Bonchev–Trinajstić information content (AvgIpc) is 3.29. The minimum Gasteiger partial charge on any atom is -0.345 e. The summed E-state index contributed by atoms with van der Waals surface area (Å²) in [7, 11) is 0. The summed E-state index contributed by atoms with van der Waals surface area (Å²) in [4.78, 5) is 29.5. The summed E-state index contributed by atoms with van der Waals surface area (Å²) in [5.74, 6) is -0.445. The maximum atomic E-state index is 13.1. The highest BCUT2D eigenvalue weighted by Crippen LogP contribution is 2.30. The number of fused-ring (bicyclic) bond motifs is 1. The lowest BCUT2D eigenvalue weighted by Crippen LogP contribution is -2.31. The second-order valence-corrected chi connectivity index (χ2v) is 8.38. The van der Waals surface area contributed by atoms with E-state index in [4.69, 9.17) is 0 Å². The van der Waals surface area contributed by atoms with E-state index in [0.717, 1.165) is 31.4 Å². The van der Waals surface area contributed by atoms with Gasteiger partial charge in [-0.15, -0.1) is 0 Å². The van der Waals surface area contributed by atoms with Gasteiger partial charge in [0.2, 0.25) is 0 Å². The Labute approximate surface area is 197 Å². The molecule has 170 valence electrons. The number of pyridine rings is 1. The fourth-order valence-corrected chi connectivity index (χ4v) is 4.34. The van der Waals surface area contributed by atoms with Crippen molar-refractivity contribution in [3.63, 3.8) is 0 Å². The van der Waals surface area contributed by atoms with Crippen molar-refractivity contribution in [2.45, 2.75) is 31.8 Å². The molecule has 0 saturated carbocycles. The number of hydrogen-bond donors (Lipinski definition) is 2. The van der Waals surface area contributed by atoms with Crippen molar-refractivity contribution in [3.05, 3.63) is 113 Å². The van der Waals surface area contributed by atoms with E-state index in [9.17, 15) is 9.59 Å². The van der Waals surface area contributed by atoms with Crippen LogP contribution in [0.2, 0.25) is 0 Å². The van der Waals surface area contributed by atoms with Crippen molar-refractivity contribution in [2.24, 2.45) is 0 Å². The van der Waals surface area contributed by atoms with Gasteiger partial charge in [0.25, 0.3) is 11.8 Å². The third-order valence-corrected chi connectivity index (χ3v) is 6.05. The lowest BCUT2D eigenvalue weighted by atomic mass is 9.92. The van der Waals surface area contributed by atoms with Crippen molar-refractivity contribution in [1.29, 1.82) is 0 Å². The van der Waals surface area contributed by atoms with Crippen LogP contribution in [0.1, 0.15) is 56.4 Å². The van der Waals surface area contributed by atoms with Crippen LogP contribution in [-0.4, -0.2) is 26.6 Å². The normalized spacial score (nSPS) is 14.8. The van der Waals surface area contributed by atoms with Crippen molar-refractivity contribution in [1.82, 2.24) is 20.1 Å². The van der Waals surface area contributed by atoms with Gasteiger partial charge in [-0.05, 0) is 55.2 Å². The zero-order valence-electron chi connectivity index (χ0n) is 18.6. The topological polar surface area (TPSA) is 88.9 Å². The zero-order valence-corrected chi connectivity index (χ0v) is 18.6. The maximum absolute atomic E-state index is 13.1. The molecule has 7 nitrogen and oxygen atoms in total. The van der Waals surface area contributed by atoms with E-state index in [1.54, 1.807) is 42.6 Å². The molecule has 1 atom stereocenters. The Morgan fingerprint density at radius 1 is 0.941 bits per heavy atom. The number of carbonyl (C=O) groups excluding carboxylic acids is 2. The number of nitrogens with zero attached hydrogens (tertiary/aromatic N) is 3. The largest absolute Gasteiger partial charge is 0.345 e. The van der Waals surface area contributed by atoms with Crippen molar-refractivity contribution in [2.75, 3.05) is 5.32 Å². The molecule has 1 unspecified atom stereocenters. The highest BCUT2D eigenvalue weighted by molar-refractivity contribution is 6.05. The van der Waals surface area contributed by atoms with Crippen LogP contribution >= 0.6 is 0 Å². The minimum atomic E-state index is -0.270. The van der Waals surface area contributed by atoms with Crippen LogP contribution in [-0.2, 0) is 13.0 Å². The van der Waals surface area contributed by atoms with E-state index in [1.807, 2.05) is 29.1 Å². The Balaban J connectivity index is 1.28. The van der Waals surface area contributed by atoms with E-state index < -0.39 is 0 Å². The fourth-order valence-electron chi connectivity index (χ4n) is 4.34. The highest BCUT2D eigenvalue weighted by atomic mass is 16.2. The van der Waals surface area contributed by atoms with Crippen LogP contribution in [0.3, 0.4) is 0 Å². The van der Waals surface area contributed by atoms with Gasteiger partial charge >= 0.3 is 0 Å². The van der Waals surface area contributed by atoms with Crippen LogP contribution in [0.25, 0.3) is 0 Å². The van der Waals surface area contributed by atoms with Crippen LogP contribution < -0.4 is 10.6 Å². The number of rotatable bonds is 6. The Morgan fingerprint density at radius 3 is 2.62 bits per heavy atom. The molecule has 0 fully saturated rings. The van der Waals surface area contributed by atoms with Gasteiger partial charge in [-0.25, -0.2) is 0 Å². The summed E-state index contributed by atoms with van der Waals surface area (Å²) in [6.45, 7) is 0.718. The van der Waals surface area contributed by atoms with Gasteiger partial charge < -0.3 is 10.6 Å². The smallest absolute Gasteiger partial charge is 0.257 e. The van der Waals surface area contributed by atoms with Gasteiger partial charge in [0, 0.05) is 34.9 Å². The van der Waals surface area contributed by atoms with E-state index in [0.29, 0.717) is 16.8 Å². The molecular formula is C27H25N5O2. The summed E-state index contributed by atoms with van der Waals surface area (Å²) in [6, 6.07) is 20.5. The molecule has 2 heterocycles. The number of amides is 2. The van der Waals surface area contributed by atoms with Gasteiger partial charge in [-0.3, -0.25) is 19.3 Å². The Morgan fingerprint density at radius 2 is 1.79 bits per heavy atom. The monoisotopic (exact) mass is 451 g/mol. The summed E-state index contributed by atoms with van der Waals surface area (Å²) >= 11 is 0. The number of anilines is 1. The molecule has 0 radical (unpaired) electrons. The van der Waals surface area contributed by atoms with E-state index in [1.165, 1.54) is 17.5 Å². The summed E-state index contributed by atoms with van der Waals surface area (Å²) in [5.41, 5.74) is 4.97. The fraction of sp³-hybridized carbons (Fsp3) is 0.185. The first-order valence-corrected chi connectivity index (χ1v) is 11.4. The first-order chi connectivity index (χ1) is 16.7. The first-order valence-electron chi connectivity index (χ1n) is 11.4. The second-order valence-electron chi connectivity index (χ2n) is 8.38. The van der Waals surface area contributed by atoms with Gasteiger partial charge in [0.05, 0.1) is 24.3 Å². The lowest BCUT2D eigenvalue weighted by Gasteiger charge is -2.24. The third-order valence-electron chi connectivity index (χ3n) is 6.05. The molecule has 34 heavy (non-hydrogen) atoms. The van der Waals surface area contributed by atoms with Crippen molar-refractivity contribution >= 4 is 17.5 Å². The molecule has 0 spiro atoms. The Hall–Kier alpha value is -4.26. The summed E-state index contributed by atoms with van der Waals surface area (Å²) < 4.78 is 2.04. The number of hydrogen-bond acceptors (Lipinski definition) is 4. The number of benzene rings is 2. The molecular weight excluding hydrogens is 426 g/mol. The molecule has 2 aromatic heterocycles. The van der Waals surface area contributed by atoms with Gasteiger partial charge in [-0.1, -0.05) is 36.4 Å². The van der Waals surface area contributed by atoms with Gasteiger partial charge in [0.15, 0.2) is 0 Å². The van der Waals surface area contributed by atoms with Crippen molar-refractivity contribution < 1.29 is 9.59 Å². The molecule has 0 bridgehead atoms. The Bertz CT molecular complexity index is 1300. The van der Waals surface area contributed by atoms with Crippen LogP contribution in [0.4, 0.5) is 5.69 Å². The number of carbonyl (C=O) groups is 2. The Kier molecular flexibility index (Phi) is 6.16. The second kappa shape index (κ2) is 9.70. The molecule has 0 aliphatic heterocycles. The zero-order chi connectivity index (χ0) is 23.3. The quantitative estimate of drug-likeness (QED) is 0.455. The standard InChI is InChI=1S/C27H25N5O2/c33-26(20-9-4-11-22(15-20)30-27(34)21-10-6-14-28-16-21)31-24-12-5-13-25-23(24)17-29-32(25)18-19-7-2-1-3-8-19/h1-4,6-11,14-17,24H,5,12-13,18H2,(H,30,34)(H,31,33). The molecule has 1 aliphatic carbocycles. The van der Waals surface area contributed by atoms with Gasteiger partial charge in [-0.2, -0.15) is 5.10 Å². The average molecular weight is 452 g/mol. The molecule has 2 aromatic carbocycles. The highest BCUT2D eigenvalue weighted by Gasteiger charge is 2.26. The SMILES string of the molecule is O=C(Nc1cccc(C(=O)NC2CCCc3c2cnn3Cc2ccccc2)c1)c1cccnc1. The molecule has 1 aliphatic rings. The van der Waals surface area contributed by atoms with Gasteiger partial charge in [0.1, 0.15) is 0 Å². The minimum absolute atomic E-state index is 0.0885. The van der Waals surface area contributed by atoms with E-state index in [2.05, 4.69) is 32.8 Å². The lowest BCUT2D eigenvalue weighted by molar-refractivity contribution is 0.0931. The molecule has 4 aromatic rings. The van der Waals surface area contributed by atoms with Crippen LogP contribution in [0, 0.1) is 0 Å². The summed E-state index contributed by atoms with van der Waals surface area (Å²) in [5, 5.41) is 10.6. The number of nitrogens with one attached hydrogen (secondary N) is 2. The molecule has 2 amide bonds. The van der Waals surface area contributed by atoms with Crippen LogP contribution in [0.15, 0.2) is 85.3 Å². The number of aromatic nitrogens is 3. The predicted octanol–water partition coefficient (Wildman–Crippen LogP) is 4.39. The van der Waals surface area contributed by atoms with Crippen LogP contribution in [0.5, 0.6) is 0 Å². The van der Waals surface area contributed by atoms with E-state index in [-0.39, 0.29) is 17.9 Å². The summed E-state index contributed by atoms with van der Waals surface area (Å²) in [6.07, 6.45) is 7.80. The first kappa shape index (κ1) is 21.6.